The molecule has 0 spiro atoms. The summed E-state index contributed by atoms with van der Waals surface area (Å²) in [4.78, 5) is 13.5. The average molecular weight is 303 g/mol. The maximum absolute atomic E-state index is 13.1. The second-order valence-electron chi connectivity index (χ2n) is 6.21. The zero-order valence-electron chi connectivity index (χ0n) is 12.8. The molecule has 3 rings (SSSR count). The van der Waals surface area contributed by atoms with E-state index in [-0.39, 0.29) is 17.9 Å². The van der Waals surface area contributed by atoms with Crippen molar-refractivity contribution < 1.29 is 9.18 Å². The highest BCUT2D eigenvalue weighted by molar-refractivity contribution is 5.54. The lowest BCUT2D eigenvalue weighted by atomic mass is 10.0. The van der Waals surface area contributed by atoms with E-state index in [2.05, 4.69) is 21.5 Å². The average Bonchev–Trinajstić information content (AvgIpc) is 3.33. The predicted octanol–water partition coefficient (Wildman–Crippen LogP) is 1.46. The fourth-order valence-corrected chi connectivity index (χ4v) is 2.89. The Hall–Kier alpha value is -1.68. The summed E-state index contributed by atoms with van der Waals surface area (Å²) in [7, 11) is 0. The number of nitrogens with zero attached hydrogens (tertiary/aromatic N) is 1. The standard InChI is InChI=1S/C17H22FN3O/c1-12-17(11-22)21(10-13-2-4-14(18)5-3-13)16(8-19-12)9-20-15-6-7-15/h2-5,12,15-16,19-20H,6-10H2,1H3. The van der Waals surface area contributed by atoms with E-state index in [0.29, 0.717) is 18.3 Å². The van der Waals surface area contributed by atoms with Gasteiger partial charge >= 0.3 is 0 Å². The Balaban J connectivity index is 1.75. The van der Waals surface area contributed by atoms with E-state index in [9.17, 15) is 9.18 Å². The van der Waals surface area contributed by atoms with Crippen LogP contribution in [0.3, 0.4) is 0 Å². The molecule has 4 nitrogen and oxygen atoms in total. The summed E-state index contributed by atoms with van der Waals surface area (Å²) in [5.74, 6) is 1.86. The third kappa shape index (κ3) is 3.55. The Labute approximate surface area is 130 Å². The molecule has 5 heteroatoms. The van der Waals surface area contributed by atoms with Gasteiger partial charge in [0.15, 0.2) is 0 Å². The highest BCUT2D eigenvalue weighted by Crippen LogP contribution is 2.22. The van der Waals surface area contributed by atoms with Crippen molar-refractivity contribution in [1.82, 2.24) is 15.5 Å². The van der Waals surface area contributed by atoms with Gasteiger partial charge in [-0.3, -0.25) is 0 Å². The number of halogens is 1. The Kier molecular flexibility index (Phi) is 4.57. The summed E-state index contributed by atoms with van der Waals surface area (Å²) in [5.41, 5.74) is 1.65. The lowest BCUT2D eigenvalue weighted by molar-refractivity contribution is 0.180. The zero-order chi connectivity index (χ0) is 15.5. The molecule has 2 unspecified atom stereocenters. The van der Waals surface area contributed by atoms with E-state index >= 15 is 0 Å². The molecule has 1 aromatic carbocycles. The minimum atomic E-state index is -0.240. The van der Waals surface area contributed by atoms with Crippen LogP contribution in [-0.2, 0) is 11.3 Å². The fourth-order valence-electron chi connectivity index (χ4n) is 2.89. The lowest BCUT2D eigenvalue weighted by Gasteiger charge is -2.41. The Morgan fingerprint density at radius 3 is 2.73 bits per heavy atom. The van der Waals surface area contributed by atoms with Crippen LogP contribution in [0, 0.1) is 5.82 Å². The van der Waals surface area contributed by atoms with Crippen LogP contribution in [0.1, 0.15) is 25.3 Å². The molecule has 1 aliphatic carbocycles. The number of piperazine rings is 1. The lowest BCUT2D eigenvalue weighted by Crippen LogP contribution is -2.57. The zero-order valence-corrected chi connectivity index (χ0v) is 12.8. The number of carbonyl (C=O) groups excluding carboxylic acids is 1. The van der Waals surface area contributed by atoms with E-state index in [4.69, 9.17) is 0 Å². The summed E-state index contributed by atoms with van der Waals surface area (Å²) in [6, 6.07) is 7.31. The molecule has 1 saturated heterocycles. The summed E-state index contributed by atoms with van der Waals surface area (Å²) in [6.45, 7) is 4.25. The molecule has 118 valence electrons. The maximum Gasteiger partial charge on any atom is 0.147 e. The molecular weight excluding hydrogens is 281 g/mol. The minimum absolute atomic E-state index is 0.00452. The van der Waals surface area contributed by atoms with Gasteiger partial charge in [-0.1, -0.05) is 12.1 Å². The summed E-state index contributed by atoms with van der Waals surface area (Å²) < 4.78 is 13.1. The summed E-state index contributed by atoms with van der Waals surface area (Å²) >= 11 is 0. The van der Waals surface area contributed by atoms with E-state index < -0.39 is 0 Å². The number of rotatable bonds is 5. The van der Waals surface area contributed by atoms with Crippen molar-refractivity contribution in [3.05, 3.63) is 41.3 Å². The van der Waals surface area contributed by atoms with Crippen LogP contribution in [0.2, 0.25) is 0 Å². The van der Waals surface area contributed by atoms with Gasteiger partial charge in [-0.2, -0.15) is 0 Å². The quantitative estimate of drug-likeness (QED) is 0.808. The molecule has 22 heavy (non-hydrogen) atoms. The predicted molar refractivity (Wildman–Crippen MR) is 83.4 cm³/mol. The van der Waals surface area contributed by atoms with Crippen molar-refractivity contribution in [2.24, 2.45) is 0 Å². The van der Waals surface area contributed by atoms with Gasteiger partial charge in [0.2, 0.25) is 0 Å². The molecule has 0 radical (unpaired) electrons. The van der Waals surface area contributed by atoms with Gasteiger partial charge in [0, 0.05) is 25.7 Å². The third-order valence-electron chi connectivity index (χ3n) is 4.41. The van der Waals surface area contributed by atoms with Crippen LogP contribution in [0.25, 0.3) is 0 Å². The van der Waals surface area contributed by atoms with Gasteiger partial charge in [-0.15, -0.1) is 0 Å². The van der Waals surface area contributed by atoms with E-state index in [0.717, 1.165) is 18.7 Å². The van der Waals surface area contributed by atoms with Crippen molar-refractivity contribution in [2.45, 2.75) is 44.4 Å². The van der Waals surface area contributed by atoms with E-state index in [1.54, 1.807) is 12.1 Å². The third-order valence-corrected chi connectivity index (χ3v) is 4.41. The van der Waals surface area contributed by atoms with Gasteiger partial charge in [0.25, 0.3) is 0 Å². The van der Waals surface area contributed by atoms with Crippen molar-refractivity contribution in [3.8, 4) is 0 Å². The molecule has 0 aromatic heterocycles. The Bertz CT molecular complexity index is 564. The van der Waals surface area contributed by atoms with Crippen LogP contribution in [0.15, 0.2) is 30.0 Å². The molecule has 2 N–H and O–H groups in total. The molecule has 2 atom stereocenters. The number of hydrogen-bond acceptors (Lipinski definition) is 4. The normalized spacial score (nSPS) is 25.2. The van der Waals surface area contributed by atoms with Crippen molar-refractivity contribution >= 4 is 5.94 Å². The minimum Gasteiger partial charge on any atom is -0.355 e. The van der Waals surface area contributed by atoms with E-state index in [1.807, 2.05) is 6.92 Å². The maximum atomic E-state index is 13.1. The van der Waals surface area contributed by atoms with E-state index in [1.165, 1.54) is 25.0 Å². The first kappa shape index (κ1) is 15.2. The molecule has 2 aliphatic rings. The molecule has 2 fully saturated rings. The second kappa shape index (κ2) is 6.61. The highest BCUT2D eigenvalue weighted by Gasteiger charge is 2.32. The molecule has 1 heterocycles. The Morgan fingerprint density at radius 2 is 2.09 bits per heavy atom. The second-order valence-corrected chi connectivity index (χ2v) is 6.21. The smallest absolute Gasteiger partial charge is 0.147 e. The molecule has 0 amide bonds. The summed E-state index contributed by atoms with van der Waals surface area (Å²) in [6.07, 6.45) is 2.48. The first-order chi connectivity index (χ1) is 10.7. The largest absolute Gasteiger partial charge is 0.355 e. The summed E-state index contributed by atoms with van der Waals surface area (Å²) in [5, 5.41) is 6.89. The van der Waals surface area contributed by atoms with Crippen molar-refractivity contribution in [3.63, 3.8) is 0 Å². The van der Waals surface area contributed by atoms with Gasteiger partial charge in [0.1, 0.15) is 17.5 Å². The SMILES string of the molecule is CC1NCC(CNC2CC2)N(Cc2ccc(F)cc2)C1=C=O. The van der Waals surface area contributed by atoms with Crippen LogP contribution >= 0.6 is 0 Å². The number of nitrogens with one attached hydrogen (secondary N) is 2. The van der Waals surface area contributed by atoms with Crippen molar-refractivity contribution in [2.75, 3.05) is 13.1 Å². The topological polar surface area (TPSA) is 44.4 Å². The molecule has 1 aromatic rings. The first-order valence-electron chi connectivity index (χ1n) is 7.90. The molecule has 1 saturated carbocycles. The first-order valence-corrected chi connectivity index (χ1v) is 7.90. The monoisotopic (exact) mass is 303 g/mol. The fraction of sp³-hybridized carbons (Fsp3) is 0.529. The number of benzene rings is 1. The van der Waals surface area contributed by atoms with Crippen LogP contribution < -0.4 is 10.6 Å². The van der Waals surface area contributed by atoms with Gasteiger partial charge in [-0.25, -0.2) is 9.18 Å². The van der Waals surface area contributed by atoms with Gasteiger partial charge in [0.05, 0.1) is 12.1 Å². The van der Waals surface area contributed by atoms with Crippen LogP contribution in [-0.4, -0.2) is 42.1 Å². The Morgan fingerprint density at radius 1 is 1.36 bits per heavy atom. The molecule has 0 bridgehead atoms. The molecular formula is C17H22FN3O. The van der Waals surface area contributed by atoms with Crippen molar-refractivity contribution in [1.29, 1.82) is 0 Å². The number of hydrogen-bond donors (Lipinski definition) is 2. The van der Waals surface area contributed by atoms with Gasteiger partial charge < -0.3 is 15.5 Å². The molecule has 1 aliphatic heterocycles. The highest BCUT2D eigenvalue weighted by atomic mass is 19.1. The van der Waals surface area contributed by atoms with Crippen LogP contribution in [0.5, 0.6) is 0 Å². The van der Waals surface area contributed by atoms with Crippen LogP contribution in [0.4, 0.5) is 4.39 Å². The van der Waals surface area contributed by atoms with Gasteiger partial charge in [-0.05, 0) is 37.5 Å².